The second kappa shape index (κ2) is 7.44. The SMILES string of the molecule is CCCNC(Cc1ccc(F)cc1)C(C)CC. The fourth-order valence-corrected chi connectivity index (χ4v) is 1.96. The van der Waals surface area contributed by atoms with Crippen LogP contribution in [0.2, 0.25) is 0 Å². The van der Waals surface area contributed by atoms with Gasteiger partial charge in [-0.2, -0.15) is 0 Å². The Morgan fingerprint density at radius 2 is 1.82 bits per heavy atom. The Hall–Kier alpha value is -0.890. The molecule has 0 aliphatic carbocycles. The minimum atomic E-state index is -0.157. The van der Waals surface area contributed by atoms with Gasteiger partial charge in [0, 0.05) is 6.04 Å². The van der Waals surface area contributed by atoms with E-state index in [1.165, 1.54) is 12.0 Å². The first-order chi connectivity index (χ1) is 8.17. The molecule has 2 atom stereocenters. The summed E-state index contributed by atoms with van der Waals surface area (Å²) in [5, 5.41) is 3.59. The number of rotatable bonds is 7. The zero-order valence-corrected chi connectivity index (χ0v) is 11.2. The molecule has 2 heteroatoms. The normalized spacial score (nSPS) is 14.6. The summed E-state index contributed by atoms with van der Waals surface area (Å²) < 4.78 is 12.8. The highest BCUT2D eigenvalue weighted by molar-refractivity contribution is 5.17. The van der Waals surface area contributed by atoms with Crippen molar-refractivity contribution in [2.24, 2.45) is 5.92 Å². The maximum atomic E-state index is 12.8. The zero-order valence-electron chi connectivity index (χ0n) is 11.2. The molecule has 0 aliphatic heterocycles. The van der Waals surface area contributed by atoms with E-state index < -0.39 is 0 Å². The highest BCUT2D eigenvalue weighted by Crippen LogP contribution is 2.14. The van der Waals surface area contributed by atoms with Crippen molar-refractivity contribution in [1.29, 1.82) is 0 Å². The summed E-state index contributed by atoms with van der Waals surface area (Å²) in [4.78, 5) is 0. The third kappa shape index (κ3) is 4.86. The van der Waals surface area contributed by atoms with Crippen LogP contribution in [0.1, 0.15) is 39.2 Å². The van der Waals surface area contributed by atoms with Crippen molar-refractivity contribution in [3.63, 3.8) is 0 Å². The van der Waals surface area contributed by atoms with Gasteiger partial charge in [0.2, 0.25) is 0 Å². The average Bonchev–Trinajstić information content (AvgIpc) is 2.36. The third-order valence-corrected chi connectivity index (χ3v) is 3.36. The Labute approximate surface area is 104 Å². The smallest absolute Gasteiger partial charge is 0.123 e. The minimum Gasteiger partial charge on any atom is -0.313 e. The largest absolute Gasteiger partial charge is 0.313 e. The van der Waals surface area contributed by atoms with E-state index in [-0.39, 0.29) is 5.82 Å². The van der Waals surface area contributed by atoms with Crippen LogP contribution in [0, 0.1) is 11.7 Å². The van der Waals surface area contributed by atoms with Gasteiger partial charge in [-0.1, -0.05) is 39.3 Å². The van der Waals surface area contributed by atoms with Crippen LogP contribution in [0.15, 0.2) is 24.3 Å². The minimum absolute atomic E-state index is 0.157. The fourth-order valence-electron chi connectivity index (χ4n) is 1.96. The van der Waals surface area contributed by atoms with Gasteiger partial charge in [0.25, 0.3) is 0 Å². The molecule has 0 heterocycles. The molecule has 1 aromatic carbocycles. The van der Waals surface area contributed by atoms with Crippen LogP contribution in [0.4, 0.5) is 4.39 Å². The lowest BCUT2D eigenvalue weighted by Crippen LogP contribution is -2.37. The van der Waals surface area contributed by atoms with Gasteiger partial charge in [0.15, 0.2) is 0 Å². The van der Waals surface area contributed by atoms with E-state index in [0.29, 0.717) is 12.0 Å². The second-order valence-corrected chi connectivity index (χ2v) is 4.78. The molecule has 1 aromatic rings. The first-order valence-electron chi connectivity index (χ1n) is 6.65. The molecule has 0 radical (unpaired) electrons. The van der Waals surface area contributed by atoms with Crippen LogP contribution < -0.4 is 5.32 Å². The van der Waals surface area contributed by atoms with E-state index in [1.807, 2.05) is 12.1 Å². The van der Waals surface area contributed by atoms with Gasteiger partial charge in [-0.05, 0) is 43.0 Å². The molecular formula is C15H24FN. The number of nitrogens with one attached hydrogen (secondary N) is 1. The molecule has 2 unspecified atom stereocenters. The average molecular weight is 237 g/mol. The third-order valence-electron chi connectivity index (χ3n) is 3.36. The van der Waals surface area contributed by atoms with Crippen molar-refractivity contribution >= 4 is 0 Å². The Balaban J connectivity index is 2.61. The summed E-state index contributed by atoms with van der Waals surface area (Å²) in [5.74, 6) is 0.488. The topological polar surface area (TPSA) is 12.0 Å². The van der Waals surface area contributed by atoms with Crippen LogP contribution in [-0.2, 0) is 6.42 Å². The highest BCUT2D eigenvalue weighted by Gasteiger charge is 2.15. The molecule has 0 bridgehead atoms. The van der Waals surface area contributed by atoms with Gasteiger partial charge >= 0.3 is 0 Å². The predicted octanol–water partition coefficient (Wildman–Crippen LogP) is 3.78. The Morgan fingerprint density at radius 1 is 1.18 bits per heavy atom. The first kappa shape index (κ1) is 14.2. The molecule has 0 fully saturated rings. The molecule has 17 heavy (non-hydrogen) atoms. The molecule has 1 nitrogen and oxygen atoms in total. The van der Waals surface area contributed by atoms with Gasteiger partial charge in [0.05, 0.1) is 0 Å². The highest BCUT2D eigenvalue weighted by atomic mass is 19.1. The van der Waals surface area contributed by atoms with Crippen LogP contribution in [0.3, 0.4) is 0 Å². The van der Waals surface area contributed by atoms with E-state index in [4.69, 9.17) is 0 Å². The van der Waals surface area contributed by atoms with E-state index in [0.717, 1.165) is 19.4 Å². The van der Waals surface area contributed by atoms with Crippen LogP contribution in [-0.4, -0.2) is 12.6 Å². The lowest BCUT2D eigenvalue weighted by atomic mass is 9.93. The van der Waals surface area contributed by atoms with Crippen molar-refractivity contribution in [3.05, 3.63) is 35.6 Å². The summed E-state index contributed by atoms with van der Waals surface area (Å²) in [6.07, 6.45) is 3.30. The molecule has 0 aromatic heterocycles. The zero-order chi connectivity index (χ0) is 12.7. The standard InChI is InChI=1S/C15H24FN/c1-4-10-17-15(12(3)5-2)11-13-6-8-14(16)9-7-13/h6-9,12,15,17H,4-5,10-11H2,1-3H3. The van der Waals surface area contributed by atoms with E-state index in [1.54, 1.807) is 12.1 Å². The molecule has 0 saturated carbocycles. The van der Waals surface area contributed by atoms with Gasteiger partial charge in [-0.25, -0.2) is 4.39 Å². The summed E-state index contributed by atoms with van der Waals surface area (Å²) in [7, 11) is 0. The van der Waals surface area contributed by atoms with Crippen LogP contribution in [0.5, 0.6) is 0 Å². The maximum absolute atomic E-state index is 12.8. The van der Waals surface area contributed by atoms with Crippen LogP contribution >= 0.6 is 0 Å². The lowest BCUT2D eigenvalue weighted by molar-refractivity contribution is 0.365. The van der Waals surface area contributed by atoms with Gasteiger partial charge in [-0.3, -0.25) is 0 Å². The molecule has 96 valence electrons. The van der Waals surface area contributed by atoms with Crippen molar-refractivity contribution in [3.8, 4) is 0 Å². The quantitative estimate of drug-likeness (QED) is 0.761. The first-order valence-corrected chi connectivity index (χ1v) is 6.65. The molecule has 0 spiro atoms. The van der Waals surface area contributed by atoms with Gasteiger partial charge in [-0.15, -0.1) is 0 Å². The van der Waals surface area contributed by atoms with E-state index >= 15 is 0 Å². The van der Waals surface area contributed by atoms with E-state index in [9.17, 15) is 4.39 Å². The maximum Gasteiger partial charge on any atom is 0.123 e. The van der Waals surface area contributed by atoms with Crippen molar-refractivity contribution in [1.82, 2.24) is 5.32 Å². The van der Waals surface area contributed by atoms with E-state index in [2.05, 4.69) is 26.1 Å². The summed E-state index contributed by atoms with van der Waals surface area (Å²) in [5.41, 5.74) is 1.21. The summed E-state index contributed by atoms with van der Waals surface area (Å²) in [6.45, 7) is 7.72. The Kier molecular flexibility index (Phi) is 6.20. The summed E-state index contributed by atoms with van der Waals surface area (Å²) >= 11 is 0. The molecule has 0 aliphatic rings. The molecule has 1 rings (SSSR count). The van der Waals surface area contributed by atoms with Crippen molar-refractivity contribution in [2.75, 3.05) is 6.54 Å². The molecule has 0 saturated heterocycles. The molecule has 0 amide bonds. The van der Waals surface area contributed by atoms with Crippen molar-refractivity contribution < 1.29 is 4.39 Å². The molecule has 1 N–H and O–H groups in total. The van der Waals surface area contributed by atoms with Gasteiger partial charge < -0.3 is 5.32 Å². The second-order valence-electron chi connectivity index (χ2n) is 4.78. The monoisotopic (exact) mass is 237 g/mol. The Morgan fingerprint density at radius 3 is 2.35 bits per heavy atom. The summed E-state index contributed by atoms with van der Waals surface area (Å²) in [6, 6.07) is 7.35. The number of halogens is 1. The number of hydrogen-bond donors (Lipinski definition) is 1. The molecular weight excluding hydrogens is 213 g/mol. The predicted molar refractivity (Wildman–Crippen MR) is 71.6 cm³/mol. The van der Waals surface area contributed by atoms with Crippen molar-refractivity contribution in [2.45, 2.75) is 46.1 Å². The number of benzene rings is 1. The van der Waals surface area contributed by atoms with Gasteiger partial charge in [0.1, 0.15) is 5.82 Å². The lowest BCUT2D eigenvalue weighted by Gasteiger charge is -2.24. The fraction of sp³-hybridized carbons (Fsp3) is 0.600. The van der Waals surface area contributed by atoms with Crippen LogP contribution in [0.25, 0.3) is 0 Å². The number of hydrogen-bond acceptors (Lipinski definition) is 1. The Bertz CT molecular complexity index is 307.